The van der Waals surface area contributed by atoms with Gasteiger partial charge < -0.3 is 14.9 Å². The largest absolute Gasteiger partial charge is 0.497 e. The summed E-state index contributed by atoms with van der Waals surface area (Å²) in [6.07, 6.45) is 0. The predicted octanol–water partition coefficient (Wildman–Crippen LogP) is 2.48. The van der Waals surface area contributed by atoms with Crippen LogP contribution in [0.25, 0.3) is 0 Å². The molecule has 0 saturated carbocycles. The van der Waals surface area contributed by atoms with Gasteiger partial charge in [0.25, 0.3) is 0 Å². The van der Waals surface area contributed by atoms with Crippen molar-refractivity contribution in [3.8, 4) is 5.75 Å². The van der Waals surface area contributed by atoms with Gasteiger partial charge in [0.2, 0.25) is 0 Å². The SMILES string of the molecule is COc1ccc(CN(C)Cc2ccccc2)cc1.O=C(O)C(=O)O. The zero-order valence-corrected chi connectivity index (χ0v) is 13.7. The molecule has 0 spiro atoms. The second-order valence-electron chi connectivity index (χ2n) is 5.12. The van der Waals surface area contributed by atoms with Gasteiger partial charge in [0.05, 0.1) is 7.11 Å². The third-order valence-electron chi connectivity index (χ3n) is 3.09. The lowest BCUT2D eigenvalue weighted by Gasteiger charge is -2.17. The van der Waals surface area contributed by atoms with E-state index in [1.54, 1.807) is 7.11 Å². The molecule has 0 aliphatic rings. The predicted molar refractivity (Wildman–Crippen MR) is 89.9 cm³/mol. The smallest absolute Gasteiger partial charge is 0.414 e. The molecule has 6 nitrogen and oxygen atoms in total. The molecule has 0 aromatic heterocycles. The Hall–Kier alpha value is -2.86. The van der Waals surface area contributed by atoms with Crippen molar-refractivity contribution >= 4 is 11.9 Å². The fourth-order valence-electron chi connectivity index (χ4n) is 1.99. The Kier molecular flexibility index (Phi) is 8.01. The molecule has 0 radical (unpaired) electrons. The first-order valence-corrected chi connectivity index (χ1v) is 7.24. The highest BCUT2D eigenvalue weighted by atomic mass is 16.5. The molecule has 0 aliphatic carbocycles. The highest BCUT2D eigenvalue weighted by Crippen LogP contribution is 2.13. The maximum absolute atomic E-state index is 9.10. The number of benzene rings is 2. The molecule has 0 bridgehead atoms. The first-order valence-electron chi connectivity index (χ1n) is 7.24. The van der Waals surface area contributed by atoms with Gasteiger partial charge in [-0.3, -0.25) is 4.90 Å². The molecule has 2 rings (SSSR count). The van der Waals surface area contributed by atoms with E-state index >= 15 is 0 Å². The molecule has 2 N–H and O–H groups in total. The van der Waals surface area contributed by atoms with E-state index in [0.717, 1.165) is 18.8 Å². The first-order chi connectivity index (χ1) is 11.4. The van der Waals surface area contributed by atoms with Gasteiger partial charge in [-0.25, -0.2) is 9.59 Å². The van der Waals surface area contributed by atoms with Gasteiger partial charge in [-0.1, -0.05) is 42.5 Å². The van der Waals surface area contributed by atoms with Crippen molar-refractivity contribution in [1.82, 2.24) is 4.90 Å². The van der Waals surface area contributed by atoms with Crippen LogP contribution in [-0.2, 0) is 22.7 Å². The number of rotatable bonds is 5. The Balaban J connectivity index is 0.000000413. The average molecular weight is 331 g/mol. The lowest BCUT2D eigenvalue weighted by Crippen LogP contribution is -2.17. The monoisotopic (exact) mass is 331 g/mol. The molecule has 0 saturated heterocycles. The van der Waals surface area contributed by atoms with Crippen molar-refractivity contribution in [2.75, 3.05) is 14.2 Å². The minimum Gasteiger partial charge on any atom is -0.497 e. The van der Waals surface area contributed by atoms with Gasteiger partial charge >= 0.3 is 11.9 Å². The van der Waals surface area contributed by atoms with E-state index in [1.165, 1.54) is 11.1 Å². The molecular formula is C18H21NO5. The van der Waals surface area contributed by atoms with Crippen LogP contribution in [0.1, 0.15) is 11.1 Å². The fraction of sp³-hybridized carbons (Fsp3) is 0.222. The van der Waals surface area contributed by atoms with Gasteiger partial charge in [-0.05, 0) is 30.3 Å². The number of carbonyl (C=O) groups is 2. The minimum atomic E-state index is -1.82. The third-order valence-corrected chi connectivity index (χ3v) is 3.09. The van der Waals surface area contributed by atoms with Crippen molar-refractivity contribution in [3.05, 3.63) is 65.7 Å². The molecule has 2 aromatic carbocycles. The normalized spacial score (nSPS) is 9.79. The van der Waals surface area contributed by atoms with Gasteiger partial charge in [0.1, 0.15) is 5.75 Å². The molecule has 24 heavy (non-hydrogen) atoms. The number of methoxy groups -OCH3 is 1. The molecule has 6 heteroatoms. The summed E-state index contributed by atoms with van der Waals surface area (Å²) in [6, 6.07) is 18.8. The molecule has 0 heterocycles. The number of hydrogen-bond acceptors (Lipinski definition) is 4. The van der Waals surface area contributed by atoms with Crippen molar-refractivity contribution in [3.63, 3.8) is 0 Å². The molecule has 0 atom stereocenters. The summed E-state index contributed by atoms with van der Waals surface area (Å²) in [6.45, 7) is 1.91. The van der Waals surface area contributed by atoms with Crippen LogP contribution in [0.5, 0.6) is 5.75 Å². The summed E-state index contributed by atoms with van der Waals surface area (Å²) in [5, 5.41) is 14.8. The molecule has 0 fully saturated rings. The quantitative estimate of drug-likeness (QED) is 0.819. The van der Waals surface area contributed by atoms with Crippen LogP contribution >= 0.6 is 0 Å². The molecule has 0 amide bonds. The zero-order valence-electron chi connectivity index (χ0n) is 13.7. The van der Waals surface area contributed by atoms with Gasteiger partial charge in [-0.2, -0.15) is 0 Å². The van der Waals surface area contributed by atoms with Crippen LogP contribution in [-0.4, -0.2) is 41.2 Å². The van der Waals surface area contributed by atoms with Gasteiger partial charge in [-0.15, -0.1) is 0 Å². The number of aliphatic carboxylic acids is 2. The number of hydrogen-bond donors (Lipinski definition) is 2. The Bertz CT molecular complexity index is 628. The van der Waals surface area contributed by atoms with Crippen LogP contribution in [0.15, 0.2) is 54.6 Å². The molecule has 0 aliphatic heterocycles. The maximum atomic E-state index is 9.10. The number of ether oxygens (including phenoxy) is 1. The Labute approximate surface area is 140 Å². The van der Waals surface area contributed by atoms with Gasteiger partial charge in [0, 0.05) is 13.1 Å². The minimum absolute atomic E-state index is 0.907. The number of carboxylic acid groups (broad SMARTS) is 2. The summed E-state index contributed by atoms with van der Waals surface area (Å²) in [5.74, 6) is -2.74. The Morgan fingerprint density at radius 1 is 0.875 bits per heavy atom. The summed E-state index contributed by atoms with van der Waals surface area (Å²) >= 11 is 0. The topological polar surface area (TPSA) is 87.1 Å². The Morgan fingerprint density at radius 2 is 1.33 bits per heavy atom. The van der Waals surface area contributed by atoms with E-state index in [-0.39, 0.29) is 0 Å². The van der Waals surface area contributed by atoms with Crippen molar-refractivity contribution in [2.24, 2.45) is 0 Å². The maximum Gasteiger partial charge on any atom is 0.414 e. The first kappa shape index (κ1) is 19.2. The zero-order chi connectivity index (χ0) is 17.9. The van der Waals surface area contributed by atoms with Crippen LogP contribution in [0.2, 0.25) is 0 Å². The standard InChI is InChI=1S/C16H19NO.C2H2O4/c1-17(12-14-6-4-3-5-7-14)13-15-8-10-16(18-2)11-9-15;3-1(4)2(5)6/h3-11H,12-13H2,1-2H3;(H,3,4)(H,5,6). The van der Waals surface area contributed by atoms with E-state index < -0.39 is 11.9 Å². The van der Waals surface area contributed by atoms with Gasteiger partial charge in [0.15, 0.2) is 0 Å². The van der Waals surface area contributed by atoms with E-state index in [1.807, 2.05) is 18.2 Å². The number of carboxylic acids is 2. The lowest BCUT2D eigenvalue weighted by molar-refractivity contribution is -0.159. The third kappa shape index (κ3) is 7.42. The van der Waals surface area contributed by atoms with Crippen molar-refractivity contribution in [1.29, 1.82) is 0 Å². The van der Waals surface area contributed by atoms with E-state index in [4.69, 9.17) is 24.5 Å². The molecule has 2 aromatic rings. The van der Waals surface area contributed by atoms with Crippen molar-refractivity contribution in [2.45, 2.75) is 13.1 Å². The lowest BCUT2D eigenvalue weighted by atomic mass is 10.2. The van der Waals surface area contributed by atoms with Crippen LogP contribution < -0.4 is 4.74 Å². The van der Waals surface area contributed by atoms with E-state index in [0.29, 0.717) is 0 Å². The van der Waals surface area contributed by atoms with Crippen molar-refractivity contribution < 1.29 is 24.5 Å². The van der Waals surface area contributed by atoms with Crippen LogP contribution in [0, 0.1) is 0 Å². The second-order valence-corrected chi connectivity index (χ2v) is 5.12. The summed E-state index contributed by atoms with van der Waals surface area (Å²) in [5.41, 5.74) is 2.64. The van der Waals surface area contributed by atoms with Crippen LogP contribution in [0.3, 0.4) is 0 Å². The molecule has 128 valence electrons. The highest BCUT2D eigenvalue weighted by molar-refractivity contribution is 6.27. The van der Waals surface area contributed by atoms with E-state index in [9.17, 15) is 0 Å². The summed E-state index contributed by atoms with van der Waals surface area (Å²) in [7, 11) is 3.83. The molecule has 0 unspecified atom stereocenters. The average Bonchev–Trinajstić information content (AvgIpc) is 2.57. The molecular weight excluding hydrogens is 310 g/mol. The summed E-state index contributed by atoms with van der Waals surface area (Å²) in [4.78, 5) is 20.5. The number of nitrogens with zero attached hydrogens (tertiary/aromatic N) is 1. The Morgan fingerprint density at radius 3 is 1.75 bits per heavy atom. The highest BCUT2D eigenvalue weighted by Gasteiger charge is 2.04. The fourth-order valence-corrected chi connectivity index (χ4v) is 1.99. The summed E-state index contributed by atoms with van der Waals surface area (Å²) < 4.78 is 5.16. The van der Waals surface area contributed by atoms with Crippen LogP contribution in [0.4, 0.5) is 0 Å². The second kappa shape index (κ2) is 10.0. The van der Waals surface area contributed by atoms with E-state index in [2.05, 4.69) is 48.3 Å².